The molecule has 1 saturated heterocycles. The maximum atomic E-state index is 14.4. The lowest BCUT2D eigenvalue weighted by molar-refractivity contribution is -0.139. The fourth-order valence-electron chi connectivity index (χ4n) is 3.78. The quantitative estimate of drug-likeness (QED) is 0.361. The molecule has 1 aromatic carbocycles. The molecule has 164 valence electrons. The minimum Gasteiger partial charge on any atom is -0.465 e. The molecule has 30 heavy (non-hydrogen) atoms. The van der Waals surface area contributed by atoms with Crippen LogP contribution in [0.15, 0.2) is 12.1 Å². The largest absolute Gasteiger partial charge is 0.465 e. The van der Waals surface area contributed by atoms with Crippen LogP contribution in [0.1, 0.15) is 44.1 Å². The molecule has 1 aromatic rings. The Kier molecular flexibility index (Phi) is 8.54. The van der Waals surface area contributed by atoms with E-state index in [0.717, 1.165) is 18.9 Å². The molecule has 0 bridgehead atoms. The molecule has 9 heteroatoms. The van der Waals surface area contributed by atoms with Crippen molar-refractivity contribution in [1.29, 1.82) is 0 Å². The molecule has 2 amide bonds. The first-order chi connectivity index (χ1) is 14.3. The van der Waals surface area contributed by atoms with Gasteiger partial charge in [-0.05, 0) is 44.2 Å². The number of amides is 2. The normalized spacial score (nSPS) is 21.4. The summed E-state index contributed by atoms with van der Waals surface area (Å²) in [4.78, 5) is 25.3. The number of terminal acetylenes is 1. The summed E-state index contributed by atoms with van der Waals surface area (Å²) in [6.07, 6.45) is 5.65. The summed E-state index contributed by atoms with van der Waals surface area (Å²) in [6.45, 7) is 2.66. The number of benzene rings is 1. The zero-order chi connectivity index (χ0) is 22.3. The highest BCUT2D eigenvalue weighted by Gasteiger charge is 2.41. The number of hydrogen-bond acceptors (Lipinski definition) is 3. The summed E-state index contributed by atoms with van der Waals surface area (Å²) in [5.74, 6) is -2.31. The number of hydrogen-bond donors (Lipinski definition) is 2. The van der Waals surface area contributed by atoms with Crippen LogP contribution in [-0.4, -0.2) is 53.8 Å². The number of likely N-dealkylation sites (tertiary alicyclic amines) is 1. The highest BCUT2D eigenvalue weighted by Crippen LogP contribution is 2.36. The second kappa shape index (κ2) is 10.9. The van der Waals surface area contributed by atoms with E-state index in [0.29, 0.717) is 25.6 Å². The third-order valence-corrected chi connectivity index (χ3v) is 5.24. The summed E-state index contributed by atoms with van der Waals surface area (Å²) in [7, 11) is 0. The van der Waals surface area contributed by atoms with Crippen LogP contribution in [0, 0.1) is 29.8 Å². The Labute approximate surface area is 173 Å². The van der Waals surface area contributed by atoms with E-state index in [-0.39, 0.29) is 18.6 Å². The molecule has 1 aliphatic heterocycles. The first-order valence-electron chi connectivity index (χ1n) is 9.71. The summed E-state index contributed by atoms with van der Waals surface area (Å²) in [6, 6.07) is -0.357. The lowest BCUT2D eigenvalue weighted by atomic mass is 9.81. The van der Waals surface area contributed by atoms with E-state index in [4.69, 9.17) is 16.3 Å². The van der Waals surface area contributed by atoms with Crippen molar-refractivity contribution in [1.82, 2.24) is 10.2 Å². The van der Waals surface area contributed by atoms with Crippen LogP contribution < -0.4 is 5.32 Å². The maximum absolute atomic E-state index is 14.4. The smallest absolute Gasteiger partial charge is 0.405 e. The van der Waals surface area contributed by atoms with Crippen LogP contribution in [0.3, 0.4) is 0 Å². The van der Waals surface area contributed by atoms with E-state index in [1.807, 2.05) is 0 Å². The van der Waals surface area contributed by atoms with Gasteiger partial charge < -0.3 is 20.1 Å². The molecule has 0 radical (unpaired) electrons. The Balaban J connectivity index is 2.16. The average Bonchev–Trinajstić information content (AvgIpc) is 2.68. The molecule has 2 rings (SSSR count). The molecular weight excluding hydrogens is 401 g/mol. The summed E-state index contributed by atoms with van der Waals surface area (Å²) in [5, 5.41) is 11.2. The fourth-order valence-corrected chi connectivity index (χ4v) is 3.78. The Morgan fingerprint density at radius 1 is 1.33 bits per heavy atom. The molecule has 1 heterocycles. The molecule has 0 aromatic heterocycles. The summed E-state index contributed by atoms with van der Waals surface area (Å²) < 4.78 is 47.1. The maximum Gasteiger partial charge on any atom is 0.405 e. The van der Waals surface area contributed by atoms with Crippen molar-refractivity contribution in [3.05, 3.63) is 35.1 Å². The van der Waals surface area contributed by atoms with Gasteiger partial charge in [0.2, 0.25) is 5.91 Å². The second-order valence-electron chi connectivity index (χ2n) is 7.22. The van der Waals surface area contributed by atoms with Gasteiger partial charge >= 0.3 is 6.09 Å². The van der Waals surface area contributed by atoms with Gasteiger partial charge in [-0.25, -0.2) is 18.0 Å². The number of carbonyl (C=O) groups excluding carboxylic acids is 1. The predicted octanol–water partition coefficient (Wildman–Crippen LogP) is 3.26. The molecule has 1 aliphatic rings. The van der Waals surface area contributed by atoms with Crippen molar-refractivity contribution in [3.63, 3.8) is 0 Å². The van der Waals surface area contributed by atoms with Crippen molar-refractivity contribution in [2.24, 2.45) is 0 Å². The van der Waals surface area contributed by atoms with Gasteiger partial charge in [0.05, 0.1) is 0 Å². The number of nitrogens with one attached hydrogen (secondary N) is 1. The number of carbonyl (C=O) groups is 2. The number of piperidine rings is 1. The van der Waals surface area contributed by atoms with Gasteiger partial charge in [0, 0.05) is 31.2 Å². The molecule has 3 atom stereocenters. The molecule has 6 nitrogen and oxygen atoms in total. The van der Waals surface area contributed by atoms with Crippen molar-refractivity contribution in [2.45, 2.75) is 50.6 Å². The molecule has 3 unspecified atom stereocenters. The average molecular weight is 426 g/mol. The van der Waals surface area contributed by atoms with Gasteiger partial charge in [-0.2, -0.15) is 0 Å². The number of nitrogens with zero attached hydrogens (tertiary/aromatic N) is 1. The Morgan fingerprint density at radius 2 is 2.07 bits per heavy atom. The highest BCUT2D eigenvalue weighted by molar-refractivity contribution is 5.86. The first-order valence-corrected chi connectivity index (χ1v) is 9.71. The third-order valence-electron chi connectivity index (χ3n) is 5.24. The zero-order valence-corrected chi connectivity index (χ0v) is 16.7. The number of rotatable bonds is 9. The second-order valence-corrected chi connectivity index (χ2v) is 7.22. The first kappa shape index (κ1) is 23.5. The zero-order valence-electron chi connectivity index (χ0n) is 16.7. The molecular formula is C21H25F3N2O4. The van der Waals surface area contributed by atoms with Crippen LogP contribution in [0.2, 0.25) is 0 Å². The monoisotopic (exact) mass is 426 g/mol. The van der Waals surface area contributed by atoms with Crippen molar-refractivity contribution in [3.8, 4) is 12.3 Å². The summed E-state index contributed by atoms with van der Waals surface area (Å²) in [5.41, 5.74) is -0.211. The van der Waals surface area contributed by atoms with Crippen LogP contribution in [-0.2, 0) is 9.53 Å². The highest BCUT2D eigenvalue weighted by atomic mass is 19.2. The van der Waals surface area contributed by atoms with Crippen molar-refractivity contribution in [2.75, 3.05) is 19.8 Å². The van der Waals surface area contributed by atoms with E-state index in [1.165, 1.54) is 4.90 Å². The van der Waals surface area contributed by atoms with E-state index >= 15 is 0 Å². The predicted molar refractivity (Wildman–Crippen MR) is 103 cm³/mol. The van der Waals surface area contributed by atoms with Crippen LogP contribution in [0.25, 0.3) is 0 Å². The van der Waals surface area contributed by atoms with Gasteiger partial charge in [0.15, 0.2) is 11.6 Å². The van der Waals surface area contributed by atoms with Crippen LogP contribution >= 0.6 is 0 Å². The van der Waals surface area contributed by atoms with Crippen LogP contribution in [0.4, 0.5) is 18.0 Å². The Bertz CT molecular complexity index is 812. The Hall–Kier alpha value is -2.73. The van der Waals surface area contributed by atoms with E-state index < -0.39 is 47.5 Å². The van der Waals surface area contributed by atoms with E-state index in [2.05, 4.69) is 11.2 Å². The van der Waals surface area contributed by atoms with Crippen molar-refractivity contribution >= 4 is 12.0 Å². The van der Waals surface area contributed by atoms with Crippen molar-refractivity contribution < 1.29 is 32.6 Å². The Morgan fingerprint density at radius 3 is 2.73 bits per heavy atom. The number of unbranched alkanes of at least 4 members (excludes halogenated alkanes) is 2. The lowest BCUT2D eigenvalue weighted by Gasteiger charge is -2.43. The summed E-state index contributed by atoms with van der Waals surface area (Å²) >= 11 is 0. The SMILES string of the molecule is C#CCOCCCCCN1C(=O)C(NC(=O)O)CC(c2cc(F)cc(F)c2F)C1C. The van der Waals surface area contributed by atoms with Gasteiger partial charge in [0.25, 0.3) is 0 Å². The van der Waals surface area contributed by atoms with Gasteiger partial charge in [-0.1, -0.05) is 5.92 Å². The minimum absolute atomic E-state index is 0.0947. The van der Waals surface area contributed by atoms with Gasteiger partial charge in [-0.3, -0.25) is 4.79 Å². The lowest BCUT2D eigenvalue weighted by Crippen LogP contribution is -2.58. The topological polar surface area (TPSA) is 78.9 Å². The van der Waals surface area contributed by atoms with Crippen LogP contribution in [0.5, 0.6) is 0 Å². The third kappa shape index (κ3) is 5.89. The molecule has 1 fully saturated rings. The van der Waals surface area contributed by atoms with Gasteiger partial charge in [0.1, 0.15) is 18.5 Å². The molecule has 2 N–H and O–H groups in total. The minimum atomic E-state index is -1.40. The molecule has 0 saturated carbocycles. The standard InChI is InChI=1S/C21H25F3N2O4/c1-3-8-30-9-6-4-5-7-26-13(2)15(12-18(20(26)27)25-21(28)29)16-10-14(22)11-17(23)19(16)24/h1,10-11,13,15,18,25H,4-9,12H2,2H3,(H,28,29). The number of carboxylic acid groups (broad SMARTS) is 1. The van der Waals surface area contributed by atoms with E-state index in [1.54, 1.807) is 6.92 Å². The fraction of sp³-hybridized carbons (Fsp3) is 0.524. The number of halogens is 3. The molecule has 0 aliphatic carbocycles. The van der Waals surface area contributed by atoms with E-state index in [9.17, 15) is 22.8 Å². The molecule has 0 spiro atoms. The van der Waals surface area contributed by atoms with Gasteiger partial charge in [-0.15, -0.1) is 6.42 Å². The number of ether oxygens (including phenoxy) is 1.